The fourth-order valence-corrected chi connectivity index (χ4v) is 0.917. The van der Waals surface area contributed by atoms with Gasteiger partial charge in [-0.3, -0.25) is 0 Å². The van der Waals surface area contributed by atoms with E-state index >= 15 is 0 Å². The first kappa shape index (κ1) is 10.7. The predicted octanol–water partition coefficient (Wildman–Crippen LogP) is 0.714. The second-order valence-corrected chi connectivity index (χ2v) is 2.73. The highest BCUT2D eigenvalue weighted by Crippen LogP contribution is 2.08. The second-order valence-electron chi connectivity index (χ2n) is 2.73. The SMILES string of the molecule is CNCCOCc1ccc(C(=O)O)o1. The highest BCUT2D eigenvalue weighted by atomic mass is 16.5. The van der Waals surface area contributed by atoms with Crippen molar-refractivity contribution in [3.63, 3.8) is 0 Å². The molecule has 14 heavy (non-hydrogen) atoms. The van der Waals surface area contributed by atoms with Crippen LogP contribution in [0.3, 0.4) is 0 Å². The van der Waals surface area contributed by atoms with Crippen molar-refractivity contribution in [3.05, 3.63) is 23.7 Å². The third-order valence-corrected chi connectivity index (χ3v) is 1.61. The summed E-state index contributed by atoms with van der Waals surface area (Å²) in [4.78, 5) is 10.4. The van der Waals surface area contributed by atoms with Crippen molar-refractivity contribution in [1.82, 2.24) is 5.32 Å². The van der Waals surface area contributed by atoms with Crippen LogP contribution in [0.4, 0.5) is 0 Å². The molecule has 0 spiro atoms. The van der Waals surface area contributed by atoms with Gasteiger partial charge in [0.2, 0.25) is 5.76 Å². The Morgan fingerprint density at radius 3 is 3.00 bits per heavy atom. The monoisotopic (exact) mass is 199 g/mol. The normalized spacial score (nSPS) is 10.4. The molecule has 0 saturated heterocycles. The fourth-order valence-electron chi connectivity index (χ4n) is 0.917. The molecule has 0 aromatic carbocycles. The van der Waals surface area contributed by atoms with Gasteiger partial charge in [0.1, 0.15) is 12.4 Å². The lowest BCUT2D eigenvalue weighted by Gasteiger charge is -2.00. The smallest absolute Gasteiger partial charge is 0.371 e. The molecule has 0 aliphatic rings. The highest BCUT2D eigenvalue weighted by Gasteiger charge is 2.08. The van der Waals surface area contributed by atoms with E-state index in [2.05, 4.69) is 5.32 Å². The topological polar surface area (TPSA) is 71.7 Å². The summed E-state index contributed by atoms with van der Waals surface area (Å²) in [5.74, 6) is -0.595. The van der Waals surface area contributed by atoms with Gasteiger partial charge in [0.25, 0.3) is 0 Å². The summed E-state index contributed by atoms with van der Waals surface area (Å²) >= 11 is 0. The first-order valence-corrected chi connectivity index (χ1v) is 4.28. The molecular formula is C9H13NO4. The summed E-state index contributed by atoms with van der Waals surface area (Å²) < 4.78 is 10.2. The summed E-state index contributed by atoms with van der Waals surface area (Å²) in [5, 5.41) is 11.5. The molecule has 0 aliphatic heterocycles. The highest BCUT2D eigenvalue weighted by molar-refractivity contribution is 5.84. The van der Waals surface area contributed by atoms with E-state index in [0.717, 1.165) is 6.54 Å². The molecule has 5 nitrogen and oxygen atoms in total. The lowest BCUT2D eigenvalue weighted by atomic mass is 10.4. The third-order valence-electron chi connectivity index (χ3n) is 1.61. The fraction of sp³-hybridized carbons (Fsp3) is 0.444. The van der Waals surface area contributed by atoms with Crippen molar-refractivity contribution < 1.29 is 19.1 Å². The van der Waals surface area contributed by atoms with Crippen LogP contribution in [-0.2, 0) is 11.3 Å². The zero-order chi connectivity index (χ0) is 10.4. The molecule has 1 rings (SSSR count). The van der Waals surface area contributed by atoms with Crippen LogP contribution in [0.25, 0.3) is 0 Å². The van der Waals surface area contributed by atoms with Crippen LogP contribution < -0.4 is 5.32 Å². The Balaban J connectivity index is 2.33. The molecule has 0 unspecified atom stereocenters. The summed E-state index contributed by atoms with van der Waals surface area (Å²) in [6, 6.07) is 3.02. The first-order valence-electron chi connectivity index (χ1n) is 4.28. The number of ether oxygens (including phenoxy) is 1. The van der Waals surface area contributed by atoms with Crippen molar-refractivity contribution in [2.45, 2.75) is 6.61 Å². The van der Waals surface area contributed by atoms with Gasteiger partial charge in [-0.25, -0.2) is 4.79 Å². The molecular weight excluding hydrogens is 186 g/mol. The number of nitrogens with one attached hydrogen (secondary N) is 1. The minimum atomic E-state index is -1.06. The lowest BCUT2D eigenvalue weighted by Crippen LogP contribution is -2.13. The number of hydrogen-bond donors (Lipinski definition) is 2. The number of aromatic carboxylic acids is 1. The Bertz CT molecular complexity index is 295. The van der Waals surface area contributed by atoms with Crippen LogP contribution >= 0.6 is 0 Å². The van der Waals surface area contributed by atoms with Gasteiger partial charge in [0.05, 0.1) is 6.61 Å². The van der Waals surface area contributed by atoms with Crippen LogP contribution in [0.1, 0.15) is 16.3 Å². The largest absolute Gasteiger partial charge is 0.475 e. The Morgan fingerprint density at radius 1 is 1.64 bits per heavy atom. The van der Waals surface area contributed by atoms with E-state index in [1.807, 2.05) is 7.05 Å². The number of rotatable bonds is 6. The maximum atomic E-state index is 10.4. The van der Waals surface area contributed by atoms with E-state index in [9.17, 15) is 4.79 Å². The molecule has 0 radical (unpaired) electrons. The van der Waals surface area contributed by atoms with Crippen LogP contribution in [0, 0.1) is 0 Å². The van der Waals surface area contributed by atoms with Gasteiger partial charge in [-0.2, -0.15) is 0 Å². The Morgan fingerprint density at radius 2 is 2.43 bits per heavy atom. The van der Waals surface area contributed by atoms with Gasteiger partial charge in [-0.05, 0) is 19.2 Å². The number of likely N-dealkylation sites (N-methyl/N-ethyl adjacent to an activating group) is 1. The molecule has 0 atom stereocenters. The minimum absolute atomic E-state index is 0.0581. The molecule has 0 bridgehead atoms. The first-order chi connectivity index (χ1) is 6.74. The zero-order valence-electron chi connectivity index (χ0n) is 7.95. The quantitative estimate of drug-likeness (QED) is 0.660. The van der Waals surface area contributed by atoms with E-state index in [1.165, 1.54) is 6.07 Å². The number of carboxylic acids is 1. The third kappa shape index (κ3) is 3.20. The molecule has 0 aliphatic carbocycles. The molecule has 0 amide bonds. The Hall–Kier alpha value is -1.33. The van der Waals surface area contributed by atoms with E-state index in [1.54, 1.807) is 6.07 Å². The van der Waals surface area contributed by atoms with Crippen molar-refractivity contribution >= 4 is 5.97 Å². The molecule has 2 N–H and O–H groups in total. The van der Waals surface area contributed by atoms with Crippen molar-refractivity contribution in [2.24, 2.45) is 0 Å². The molecule has 1 aromatic rings. The Labute approximate surface area is 81.7 Å². The number of carboxylic acid groups (broad SMARTS) is 1. The van der Waals surface area contributed by atoms with E-state index in [0.29, 0.717) is 19.0 Å². The number of hydrogen-bond acceptors (Lipinski definition) is 4. The van der Waals surface area contributed by atoms with Gasteiger partial charge in [0.15, 0.2) is 0 Å². The summed E-state index contributed by atoms with van der Waals surface area (Å²) in [7, 11) is 1.83. The predicted molar refractivity (Wildman–Crippen MR) is 49.3 cm³/mol. The lowest BCUT2D eigenvalue weighted by molar-refractivity contribution is 0.0648. The van der Waals surface area contributed by atoms with Crippen LogP contribution in [-0.4, -0.2) is 31.3 Å². The van der Waals surface area contributed by atoms with E-state index < -0.39 is 5.97 Å². The summed E-state index contributed by atoms with van der Waals surface area (Å²) in [5.41, 5.74) is 0. The maximum absolute atomic E-state index is 10.4. The average molecular weight is 199 g/mol. The molecule has 5 heteroatoms. The van der Waals surface area contributed by atoms with E-state index in [-0.39, 0.29) is 5.76 Å². The van der Waals surface area contributed by atoms with Crippen molar-refractivity contribution in [2.75, 3.05) is 20.2 Å². The van der Waals surface area contributed by atoms with Crippen LogP contribution in [0.15, 0.2) is 16.5 Å². The molecule has 78 valence electrons. The van der Waals surface area contributed by atoms with Crippen LogP contribution in [0.2, 0.25) is 0 Å². The van der Waals surface area contributed by atoms with Crippen molar-refractivity contribution in [1.29, 1.82) is 0 Å². The van der Waals surface area contributed by atoms with Gasteiger partial charge >= 0.3 is 5.97 Å². The standard InChI is InChI=1S/C9H13NO4/c1-10-4-5-13-6-7-2-3-8(14-7)9(11)12/h2-3,10H,4-6H2,1H3,(H,11,12). The zero-order valence-corrected chi connectivity index (χ0v) is 7.95. The molecule has 0 fully saturated rings. The average Bonchev–Trinajstić information content (AvgIpc) is 2.61. The maximum Gasteiger partial charge on any atom is 0.371 e. The van der Waals surface area contributed by atoms with Gasteiger partial charge in [-0.15, -0.1) is 0 Å². The van der Waals surface area contributed by atoms with Crippen LogP contribution in [0.5, 0.6) is 0 Å². The Kier molecular flexibility index (Phi) is 4.15. The minimum Gasteiger partial charge on any atom is -0.475 e. The molecule has 1 heterocycles. The van der Waals surface area contributed by atoms with Gasteiger partial charge in [0, 0.05) is 6.54 Å². The van der Waals surface area contributed by atoms with Crippen molar-refractivity contribution in [3.8, 4) is 0 Å². The second kappa shape index (κ2) is 5.41. The molecule has 1 aromatic heterocycles. The summed E-state index contributed by atoms with van der Waals surface area (Å²) in [6.45, 7) is 1.63. The molecule has 0 saturated carbocycles. The number of carbonyl (C=O) groups is 1. The number of furan rings is 1. The summed E-state index contributed by atoms with van der Waals surface area (Å²) in [6.07, 6.45) is 0. The van der Waals surface area contributed by atoms with Gasteiger partial charge in [-0.1, -0.05) is 0 Å². The van der Waals surface area contributed by atoms with Gasteiger partial charge < -0.3 is 19.6 Å². The van der Waals surface area contributed by atoms with E-state index in [4.69, 9.17) is 14.3 Å².